The molecule has 1 fully saturated rings. The van der Waals surface area contributed by atoms with E-state index in [1.54, 1.807) is 0 Å². The average molecular weight is 471 g/mol. The Labute approximate surface area is 151 Å². The molecule has 18 N–H and O–H groups in total. The molecule has 0 aromatic rings. The van der Waals surface area contributed by atoms with Gasteiger partial charge in [0.25, 0.3) is 7.82 Å². The molecule has 0 bridgehead atoms. The number of phosphoric ester groups is 3. The van der Waals surface area contributed by atoms with Gasteiger partial charge in [0.1, 0.15) is 36.6 Å². The molecular formula is C6H24N3O15P3. The Morgan fingerprint density at radius 1 is 0.630 bits per heavy atom. The summed E-state index contributed by atoms with van der Waals surface area (Å²) in [6, 6.07) is 0. The lowest BCUT2D eigenvalue weighted by Gasteiger charge is -2.47. The minimum absolute atomic E-state index is 0. The summed E-state index contributed by atoms with van der Waals surface area (Å²) < 4.78 is 43.9. The van der Waals surface area contributed by atoms with Crippen LogP contribution in [0.3, 0.4) is 0 Å². The van der Waals surface area contributed by atoms with Gasteiger partial charge in [-0.05, 0) is 0 Å². The van der Waals surface area contributed by atoms with E-state index in [1.807, 2.05) is 0 Å². The number of hydrogen-bond donors (Lipinski definition) is 9. The third kappa shape index (κ3) is 9.91. The summed E-state index contributed by atoms with van der Waals surface area (Å²) in [6.45, 7) is 0. The van der Waals surface area contributed by atoms with Crippen molar-refractivity contribution in [3.05, 3.63) is 0 Å². The van der Waals surface area contributed by atoms with E-state index in [2.05, 4.69) is 13.6 Å². The van der Waals surface area contributed by atoms with Crippen molar-refractivity contribution in [2.75, 3.05) is 0 Å². The van der Waals surface area contributed by atoms with Gasteiger partial charge in [0.2, 0.25) is 0 Å². The van der Waals surface area contributed by atoms with Gasteiger partial charge in [-0.3, -0.25) is 9.09 Å². The lowest BCUT2D eigenvalue weighted by molar-refractivity contribution is -0.353. The third-order valence-electron chi connectivity index (χ3n) is 2.78. The van der Waals surface area contributed by atoms with Crippen LogP contribution in [0.25, 0.3) is 0 Å². The fourth-order valence-corrected chi connectivity index (χ4v) is 3.66. The minimum Gasteiger partial charge on any atom is -0.790 e. The number of rotatable bonds is 6. The van der Waals surface area contributed by atoms with Crippen molar-refractivity contribution in [2.45, 2.75) is 36.6 Å². The maximum absolute atomic E-state index is 10.9. The molecule has 0 radical (unpaired) electrons. The van der Waals surface area contributed by atoms with Crippen LogP contribution in [0.5, 0.6) is 0 Å². The summed E-state index contributed by atoms with van der Waals surface area (Å²) in [6.07, 6.45) is -15.0. The van der Waals surface area contributed by atoms with Gasteiger partial charge in [-0.1, -0.05) is 0 Å². The number of aliphatic hydroxyl groups is 3. The molecule has 0 heterocycles. The first kappa shape index (κ1) is 31.8. The topological polar surface area (TPSA) is 379 Å². The second kappa shape index (κ2) is 10.7. The summed E-state index contributed by atoms with van der Waals surface area (Å²) in [7, 11) is -17.0. The van der Waals surface area contributed by atoms with Crippen LogP contribution in [0.1, 0.15) is 0 Å². The van der Waals surface area contributed by atoms with E-state index >= 15 is 0 Å². The van der Waals surface area contributed by atoms with Crippen LogP contribution >= 0.6 is 23.5 Å². The predicted octanol–water partition coefficient (Wildman–Crippen LogP) is -4.25. The monoisotopic (exact) mass is 471 g/mol. The third-order valence-corrected chi connectivity index (χ3v) is 4.31. The molecule has 1 aliphatic carbocycles. The average Bonchev–Trinajstić information content (AvgIpc) is 2.32. The Hall–Kier alpha value is 0.0900. The highest BCUT2D eigenvalue weighted by Gasteiger charge is 2.54. The van der Waals surface area contributed by atoms with Gasteiger partial charge in [-0.15, -0.1) is 0 Å². The molecule has 0 saturated heterocycles. The van der Waals surface area contributed by atoms with Gasteiger partial charge in [0.15, 0.2) is 0 Å². The molecule has 18 nitrogen and oxygen atoms in total. The normalized spacial score (nSPS) is 33.7. The van der Waals surface area contributed by atoms with Crippen LogP contribution in [0.15, 0.2) is 0 Å². The van der Waals surface area contributed by atoms with Crippen LogP contribution in [-0.4, -0.2) is 66.6 Å². The summed E-state index contributed by atoms with van der Waals surface area (Å²) in [4.78, 5) is 58.0. The van der Waals surface area contributed by atoms with Crippen molar-refractivity contribution in [1.82, 2.24) is 18.5 Å². The second-order valence-electron chi connectivity index (χ2n) is 4.59. The van der Waals surface area contributed by atoms with Gasteiger partial charge in [0.05, 0.1) is 7.82 Å². The van der Waals surface area contributed by atoms with E-state index < -0.39 is 60.1 Å². The second-order valence-corrected chi connectivity index (χ2v) is 8.03. The fraction of sp³-hybridized carbons (Fsp3) is 1.00. The SMILES string of the molecule is O=P([O-])([O-])O[C@@H]1[C@@H](O)[C@H](OP(=O)(O)O)[C@@H](OP(=O)([O-])O)[C@H](O)[C@@H]1O.[NH4+].[NH4+].[NH4+]. The van der Waals surface area contributed by atoms with E-state index in [0.717, 1.165) is 0 Å². The lowest BCUT2D eigenvalue weighted by atomic mass is 9.85. The van der Waals surface area contributed by atoms with Gasteiger partial charge >= 0.3 is 7.82 Å². The van der Waals surface area contributed by atoms with E-state index in [9.17, 15) is 43.7 Å². The lowest BCUT2D eigenvalue weighted by Crippen LogP contribution is -2.65. The molecule has 7 atom stereocenters. The zero-order valence-corrected chi connectivity index (χ0v) is 16.8. The summed E-state index contributed by atoms with van der Waals surface area (Å²) in [5.74, 6) is 0. The largest absolute Gasteiger partial charge is 0.790 e. The number of aliphatic hydroxyl groups excluding tert-OH is 3. The first-order chi connectivity index (χ1) is 10.5. The molecule has 1 saturated carbocycles. The van der Waals surface area contributed by atoms with Gasteiger partial charge in [-0.2, -0.15) is 0 Å². The van der Waals surface area contributed by atoms with Crippen LogP contribution in [0, 0.1) is 0 Å². The van der Waals surface area contributed by atoms with E-state index in [-0.39, 0.29) is 18.5 Å². The number of phosphoric acid groups is 3. The highest BCUT2D eigenvalue weighted by Crippen LogP contribution is 2.46. The summed E-state index contributed by atoms with van der Waals surface area (Å²) >= 11 is 0. The summed E-state index contributed by atoms with van der Waals surface area (Å²) in [5, 5.41) is 29.1. The Kier molecular flexibility index (Phi) is 12.6. The standard InChI is InChI=1S/C6H15O15P3.3H3N/c7-1-2(8)5(20-23(13,14)15)6(21-24(16,17)18)3(9)4(1)19-22(10,11)12;;;/h1-9H,(H2,10,11,12)(H2,13,14,15)(H2,16,17,18);3*1H3/t1-,2+,3+,4-,5-,6-;;;/m0.../s1. The fourth-order valence-electron chi connectivity index (χ4n) is 2.00. The Morgan fingerprint density at radius 3 is 1.33 bits per heavy atom. The van der Waals surface area contributed by atoms with Crippen molar-refractivity contribution < 1.29 is 71.9 Å². The first-order valence-corrected chi connectivity index (χ1v) is 10.2. The molecule has 27 heavy (non-hydrogen) atoms. The molecular weight excluding hydrogens is 447 g/mol. The van der Waals surface area contributed by atoms with Crippen LogP contribution in [0.2, 0.25) is 0 Å². The van der Waals surface area contributed by atoms with Gasteiger partial charge < -0.3 is 76.7 Å². The molecule has 168 valence electrons. The molecule has 1 unspecified atom stereocenters. The maximum Gasteiger partial charge on any atom is 0.470 e. The van der Waals surface area contributed by atoms with E-state index in [4.69, 9.17) is 14.7 Å². The first-order valence-electron chi connectivity index (χ1n) is 5.72. The molecule has 21 heteroatoms. The van der Waals surface area contributed by atoms with Gasteiger partial charge in [-0.25, -0.2) is 4.57 Å². The van der Waals surface area contributed by atoms with Crippen molar-refractivity contribution in [3.63, 3.8) is 0 Å². The van der Waals surface area contributed by atoms with Crippen molar-refractivity contribution in [1.29, 1.82) is 0 Å². The minimum atomic E-state index is -5.86. The molecule has 0 amide bonds. The number of quaternary nitrogens is 3. The maximum atomic E-state index is 10.9. The summed E-state index contributed by atoms with van der Waals surface area (Å²) in [5.41, 5.74) is 0. The quantitative estimate of drug-likeness (QED) is 0.165. The Morgan fingerprint density at radius 2 is 1.00 bits per heavy atom. The Bertz CT molecular complexity index is 587. The zero-order chi connectivity index (χ0) is 19.1. The molecule has 0 aromatic carbocycles. The Balaban J connectivity index is -0.00000192. The van der Waals surface area contributed by atoms with Crippen LogP contribution in [0.4, 0.5) is 0 Å². The van der Waals surface area contributed by atoms with Crippen LogP contribution < -0.4 is 33.1 Å². The van der Waals surface area contributed by atoms with E-state index in [1.165, 1.54) is 0 Å². The zero-order valence-electron chi connectivity index (χ0n) is 14.2. The molecule has 1 aliphatic rings. The predicted molar refractivity (Wildman–Crippen MR) is 80.1 cm³/mol. The number of hydrogen-bond acceptors (Lipinski definition) is 12. The van der Waals surface area contributed by atoms with E-state index in [0.29, 0.717) is 0 Å². The highest BCUT2D eigenvalue weighted by atomic mass is 31.2. The molecule has 0 spiro atoms. The highest BCUT2D eigenvalue weighted by molar-refractivity contribution is 7.46. The van der Waals surface area contributed by atoms with Gasteiger partial charge in [0, 0.05) is 0 Å². The molecule has 1 rings (SSSR count). The van der Waals surface area contributed by atoms with Crippen LogP contribution in [-0.2, 0) is 27.3 Å². The van der Waals surface area contributed by atoms with Crippen molar-refractivity contribution >= 4 is 23.5 Å². The van der Waals surface area contributed by atoms with Crippen molar-refractivity contribution in [3.8, 4) is 0 Å². The molecule has 0 aliphatic heterocycles. The smallest absolute Gasteiger partial charge is 0.470 e. The van der Waals surface area contributed by atoms with Crippen molar-refractivity contribution in [2.24, 2.45) is 0 Å². The molecule has 0 aromatic heterocycles.